The summed E-state index contributed by atoms with van der Waals surface area (Å²) in [4.78, 5) is 7.04. The molecule has 6 heteroatoms. The van der Waals surface area contributed by atoms with Crippen molar-refractivity contribution in [1.82, 2.24) is 15.2 Å². The van der Waals surface area contributed by atoms with E-state index in [9.17, 15) is 0 Å². The van der Waals surface area contributed by atoms with E-state index >= 15 is 0 Å². The normalized spacial score (nSPS) is 10.5. The number of rotatable bonds is 5. The van der Waals surface area contributed by atoms with Crippen LogP contribution in [0.5, 0.6) is 0 Å². The molecule has 0 spiro atoms. The fourth-order valence-electron chi connectivity index (χ4n) is 1.46. The molecule has 0 saturated heterocycles. The molecule has 2 aromatic heterocycles. The summed E-state index contributed by atoms with van der Waals surface area (Å²) in [6, 6.07) is 3.87. The molecule has 92 valence electrons. The van der Waals surface area contributed by atoms with Gasteiger partial charge in [0, 0.05) is 34.1 Å². The third-order valence-corrected chi connectivity index (χ3v) is 2.52. The monoisotopic (exact) mass is 235 g/mol. The number of H-pyrrole nitrogens is 1. The quantitative estimate of drug-likeness (QED) is 0.842. The molecule has 0 aliphatic heterocycles. The molecule has 17 heavy (non-hydrogen) atoms. The van der Waals surface area contributed by atoms with E-state index in [1.807, 2.05) is 43.1 Å². The minimum atomic E-state index is 0.754. The molecule has 2 heterocycles. The standard InChI is InChI=1S/C11H17N5O/c1-15(2)10-12-11(14-13-10)16(3)7-6-9-5-4-8-17-9/h4-5,8H,6-7H2,1-3H3,(H,12,13,14). The maximum absolute atomic E-state index is 5.28. The fraction of sp³-hybridized carbons (Fsp3) is 0.455. The van der Waals surface area contributed by atoms with Gasteiger partial charge < -0.3 is 14.2 Å². The zero-order chi connectivity index (χ0) is 12.3. The summed E-state index contributed by atoms with van der Waals surface area (Å²) in [5, 5.41) is 8.12. The molecule has 0 bridgehead atoms. The lowest BCUT2D eigenvalue weighted by atomic mass is 10.3. The number of anilines is 2. The topological polar surface area (TPSA) is 61.2 Å². The number of hydrogen-bond acceptors (Lipinski definition) is 5. The van der Waals surface area contributed by atoms with Crippen LogP contribution in [-0.4, -0.2) is 42.9 Å². The number of likely N-dealkylation sites (N-methyl/N-ethyl adjacent to an activating group) is 1. The molecule has 0 aromatic carbocycles. The smallest absolute Gasteiger partial charge is 0.225 e. The van der Waals surface area contributed by atoms with Gasteiger partial charge in [0.15, 0.2) is 0 Å². The van der Waals surface area contributed by atoms with Crippen LogP contribution in [0.2, 0.25) is 0 Å². The molecule has 0 aliphatic carbocycles. The number of hydrogen-bond donors (Lipinski definition) is 1. The largest absolute Gasteiger partial charge is 0.469 e. The van der Waals surface area contributed by atoms with Crippen LogP contribution < -0.4 is 9.80 Å². The third-order valence-electron chi connectivity index (χ3n) is 2.52. The second-order valence-electron chi connectivity index (χ2n) is 4.12. The molecule has 0 aliphatic rings. The first-order valence-electron chi connectivity index (χ1n) is 5.50. The lowest BCUT2D eigenvalue weighted by Gasteiger charge is -2.14. The predicted octanol–water partition coefficient (Wildman–Crippen LogP) is 1.14. The fourth-order valence-corrected chi connectivity index (χ4v) is 1.46. The van der Waals surface area contributed by atoms with Crippen molar-refractivity contribution in [2.75, 3.05) is 37.5 Å². The lowest BCUT2D eigenvalue weighted by Crippen LogP contribution is -2.21. The van der Waals surface area contributed by atoms with Crippen molar-refractivity contribution in [3.8, 4) is 0 Å². The van der Waals surface area contributed by atoms with E-state index in [2.05, 4.69) is 15.2 Å². The number of aromatic nitrogens is 3. The van der Waals surface area contributed by atoms with E-state index in [0.717, 1.165) is 30.6 Å². The van der Waals surface area contributed by atoms with E-state index in [1.54, 1.807) is 6.26 Å². The van der Waals surface area contributed by atoms with Gasteiger partial charge in [0.25, 0.3) is 0 Å². The molecule has 2 aromatic rings. The summed E-state index contributed by atoms with van der Waals surface area (Å²) >= 11 is 0. The lowest BCUT2D eigenvalue weighted by molar-refractivity contribution is 0.508. The Hall–Kier alpha value is -1.98. The average Bonchev–Trinajstić information content (AvgIpc) is 2.96. The molecule has 0 fully saturated rings. The van der Waals surface area contributed by atoms with Gasteiger partial charge in [-0.2, -0.15) is 0 Å². The van der Waals surface area contributed by atoms with Crippen LogP contribution in [0.15, 0.2) is 22.8 Å². The molecule has 0 atom stereocenters. The number of nitrogens with zero attached hydrogens (tertiary/aromatic N) is 4. The highest BCUT2D eigenvalue weighted by atomic mass is 16.3. The van der Waals surface area contributed by atoms with Gasteiger partial charge in [-0.15, -0.1) is 10.2 Å². The van der Waals surface area contributed by atoms with Gasteiger partial charge in [0.2, 0.25) is 11.9 Å². The zero-order valence-corrected chi connectivity index (χ0v) is 10.3. The Morgan fingerprint density at radius 2 is 2.00 bits per heavy atom. The highest BCUT2D eigenvalue weighted by Gasteiger charge is 2.09. The van der Waals surface area contributed by atoms with Crippen LogP contribution in [0.25, 0.3) is 0 Å². The highest BCUT2D eigenvalue weighted by molar-refractivity contribution is 5.36. The summed E-state index contributed by atoms with van der Waals surface area (Å²) in [7, 11) is 5.82. The van der Waals surface area contributed by atoms with Gasteiger partial charge in [0.1, 0.15) is 5.76 Å². The van der Waals surface area contributed by atoms with Gasteiger partial charge >= 0.3 is 0 Å². The second-order valence-corrected chi connectivity index (χ2v) is 4.12. The first-order chi connectivity index (χ1) is 8.16. The minimum absolute atomic E-state index is 0.754. The minimum Gasteiger partial charge on any atom is -0.469 e. The van der Waals surface area contributed by atoms with Crippen LogP contribution in [0.3, 0.4) is 0 Å². The van der Waals surface area contributed by atoms with Gasteiger partial charge in [-0.05, 0) is 12.1 Å². The van der Waals surface area contributed by atoms with Gasteiger partial charge in [-0.25, -0.2) is 0 Å². The van der Waals surface area contributed by atoms with Crippen LogP contribution in [0.1, 0.15) is 5.76 Å². The Kier molecular flexibility index (Phi) is 3.32. The highest BCUT2D eigenvalue weighted by Crippen LogP contribution is 2.10. The van der Waals surface area contributed by atoms with Gasteiger partial charge in [-0.3, -0.25) is 4.98 Å². The number of aromatic amines is 1. The second kappa shape index (κ2) is 4.90. The molecule has 6 nitrogen and oxygen atoms in total. The van der Waals surface area contributed by atoms with E-state index in [4.69, 9.17) is 4.42 Å². The SMILES string of the molecule is CN(C)c1nnc(N(C)CCc2ccco2)[nH]1. The first kappa shape index (κ1) is 11.5. The predicted molar refractivity (Wildman–Crippen MR) is 66.4 cm³/mol. The summed E-state index contributed by atoms with van der Waals surface area (Å²) < 4.78 is 5.28. The van der Waals surface area contributed by atoms with Gasteiger partial charge in [0.05, 0.1) is 6.26 Å². The van der Waals surface area contributed by atoms with E-state index in [0.29, 0.717) is 0 Å². The van der Waals surface area contributed by atoms with E-state index in [1.165, 1.54) is 0 Å². The summed E-state index contributed by atoms with van der Waals surface area (Å²) in [6.45, 7) is 0.829. The Bertz CT molecular complexity index is 448. The molecular weight excluding hydrogens is 218 g/mol. The average molecular weight is 235 g/mol. The summed E-state index contributed by atoms with van der Waals surface area (Å²) in [5.41, 5.74) is 0. The van der Waals surface area contributed by atoms with Crippen molar-refractivity contribution in [1.29, 1.82) is 0 Å². The maximum atomic E-state index is 5.28. The van der Waals surface area contributed by atoms with Crippen molar-refractivity contribution in [2.45, 2.75) is 6.42 Å². The van der Waals surface area contributed by atoms with Crippen molar-refractivity contribution in [2.24, 2.45) is 0 Å². The first-order valence-corrected chi connectivity index (χ1v) is 5.50. The Balaban J connectivity index is 1.92. The Morgan fingerprint density at radius 1 is 1.24 bits per heavy atom. The van der Waals surface area contributed by atoms with Crippen molar-refractivity contribution in [3.05, 3.63) is 24.2 Å². The van der Waals surface area contributed by atoms with Crippen LogP contribution in [0, 0.1) is 0 Å². The molecule has 0 amide bonds. The van der Waals surface area contributed by atoms with Crippen LogP contribution in [0.4, 0.5) is 11.9 Å². The van der Waals surface area contributed by atoms with E-state index < -0.39 is 0 Å². The van der Waals surface area contributed by atoms with Crippen molar-refractivity contribution in [3.63, 3.8) is 0 Å². The van der Waals surface area contributed by atoms with Crippen molar-refractivity contribution >= 4 is 11.9 Å². The Labute approximate surface area is 100 Å². The molecule has 1 N–H and O–H groups in total. The molecule has 0 radical (unpaired) electrons. The Morgan fingerprint density at radius 3 is 2.59 bits per heavy atom. The summed E-state index contributed by atoms with van der Waals surface area (Å²) in [5.74, 6) is 2.49. The molecule has 0 saturated carbocycles. The van der Waals surface area contributed by atoms with E-state index in [-0.39, 0.29) is 0 Å². The maximum Gasteiger partial charge on any atom is 0.225 e. The molecule has 2 rings (SSSR count). The molecular formula is C11H17N5O. The van der Waals surface area contributed by atoms with Crippen LogP contribution >= 0.6 is 0 Å². The summed E-state index contributed by atoms with van der Waals surface area (Å²) in [6.07, 6.45) is 2.54. The third kappa shape index (κ3) is 2.77. The zero-order valence-electron chi connectivity index (χ0n) is 10.3. The van der Waals surface area contributed by atoms with Gasteiger partial charge in [-0.1, -0.05) is 0 Å². The van der Waals surface area contributed by atoms with Crippen molar-refractivity contribution < 1.29 is 4.42 Å². The van der Waals surface area contributed by atoms with Crippen LogP contribution in [-0.2, 0) is 6.42 Å². The molecule has 0 unspecified atom stereocenters. The number of furan rings is 1. The number of nitrogens with one attached hydrogen (secondary N) is 1.